The summed E-state index contributed by atoms with van der Waals surface area (Å²) in [6.07, 6.45) is 1.82. The van der Waals surface area contributed by atoms with E-state index in [2.05, 4.69) is 43.2 Å². The number of hydrogen-bond acceptors (Lipinski definition) is 1. The highest BCUT2D eigenvalue weighted by Crippen LogP contribution is 2.28. The lowest BCUT2D eigenvalue weighted by molar-refractivity contribution is 1.09. The summed E-state index contributed by atoms with van der Waals surface area (Å²) in [5.41, 5.74) is 3.07. The Morgan fingerprint density at radius 1 is 1.20 bits per heavy atom. The van der Waals surface area contributed by atoms with Crippen LogP contribution in [-0.4, -0.2) is 15.2 Å². The van der Waals surface area contributed by atoms with Gasteiger partial charge < -0.3 is 4.98 Å². The minimum Gasteiger partial charge on any atom is -0.353 e. The maximum Gasteiger partial charge on any atom is 0.108 e. The molecule has 0 unspecified atom stereocenters. The third-order valence-corrected chi connectivity index (χ3v) is 3.08. The lowest BCUT2D eigenvalue weighted by Crippen LogP contribution is -1.75. The zero-order valence-corrected chi connectivity index (χ0v) is 9.38. The number of nitrogens with zero attached hydrogens (tertiary/aromatic N) is 1. The number of nitrogens with one attached hydrogen (secondary N) is 2. The van der Waals surface area contributed by atoms with Crippen molar-refractivity contribution in [3.8, 4) is 11.4 Å². The topological polar surface area (TPSA) is 44.5 Å². The summed E-state index contributed by atoms with van der Waals surface area (Å²) in [6.45, 7) is 0. The largest absolute Gasteiger partial charge is 0.353 e. The van der Waals surface area contributed by atoms with Crippen LogP contribution in [0.4, 0.5) is 0 Å². The molecule has 0 amide bonds. The average molecular weight is 262 g/mol. The minimum absolute atomic E-state index is 0.929. The van der Waals surface area contributed by atoms with Gasteiger partial charge in [-0.1, -0.05) is 22.0 Å². The first kappa shape index (κ1) is 8.73. The van der Waals surface area contributed by atoms with Gasteiger partial charge in [0.25, 0.3) is 0 Å². The number of rotatable bonds is 1. The van der Waals surface area contributed by atoms with Crippen LogP contribution in [0.2, 0.25) is 0 Å². The Morgan fingerprint density at radius 2 is 2.13 bits per heavy atom. The number of aromatic nitrogens is 3. The van der Waals surface area contributed by atoms with Crippen LogP contribution in [0.15, 0.2) is 41.0 Å². The molecule has 0 fully saturated rings. The first-order valence-corrected chi connectivity index (χ1v) is 5.41. The smallest absolute Gasteiger partial charge is 0.108 e. The van der Waals surface area contributed by atoms with E-state index in [9.17, 15) is 0 Å². The number of fused-ring (bicyclic) bond motifs is 1. The second-order valence-electron chi connectivity index (χ2n) is 3.34. The van der Waals surface area contributed by atoms with E-state index in [-0.39, 0.29) is 0 Å². The zero-order valence-electron chi connectivity index (χ0n) is 7.79. The third-order valence-electron chi connectivity index (χ3n) is 2.39. The van der Waals surface area contributed by atoms with Crippen LogP contribution in [0.1, 0.15) is 0 Å². The molecule has 0 aliphatic rings. The monoisotopic (exact) mass is 261 g/mol. The molecule has 1 aromatic carbocycles. The third kappa shape index (κ3) is 1.37. The molecule has 74 valence electrons. The van der Waals surface area contributed by atoms with Crippen molar-refractivity contribution in [2.75, 3.05) is 0 Å². The second kappa shape index (κ2) is 3.24. The Bertz CT molecular complexity index is 595. The number of H-pyrrole nitrogens is 2. The van der Waals surface area contributed by atoms with E-state index in [1.54, 1.807) is 0 Å². The summed E-state index contributed by atoms with van der Waals surface area (Å²) in [4.78, 5) is 3.33. The Hall–Kier alpha value is -1.55. The van der Waals surface area contributed by atoms with E-state index in [1.165, 1.54) is 5.39 Å². The van der Waals surface area contributed by atoms with Crippen molar-refractivity contribution in [3.05, 3.63) is 41.0 Å². The molecular formula is C11H8BrN3. The summed E-state index contributed by atoms with van der Waals surface area (Å²) in [5.74, 6) is 0. The summed E-state index contributed by atoms with van der Waals surface area (Å²) in [6, 6.07) is 10.1. The van der Waals surface area contributed by atoms with Crippen molar-refractivity contribution < 1.29 is 0 Å². The number of aromatic amines is 2. The summed E-state index contributed by atoms with van der Waals surface area (Å²) in [5, 5.41) is 8.12. The molecule has 0 aliphatic carbocycles. The molecule has 2 N–H and O–H groups in total. The van der Waals surface area contributed by atoms with Gasteiger partial charge in [-0.05, 0) is 24.3 Å². The molecule has 0 atom stereocenters. The van der Waals surface area contributed by atoms with E-state index >= 15 is 0 Å². The predicted molar refractivity (Wildman–Crippen MR) is 63.6 cm³/mol. The summed E-state index contributed by atoms with van der Waals surface area (Å²) < 4.78 is 1.10. The molecular weight excluding hydrogens is 254 g/mol. The van der Waals surface area contributed by atoms with E-state index in [1.807, 2.05) is 24.4 Å². The van der Waals surface area contributed by atoms with Crippen LogP contribution in [0.5, 0.6) is 0 Å². The molecule has 4 heteroatoms. The van der Waals surface area contributed by atoms with Crippen molar-refractivity contribution in [1.29, 1.82) is 0 Å². The van der Waals surface area contributed by atoms with Crippen LogP contribution < -0.4 is 0 Å². The van der Waals surface area contributed by atoms with Gasteiger partial charge in [0.15, 0.2) is 0 Å². The molecule has 3 aromatic rings. The van der Waals surface area contributed by atoms with Crippen LogP contribution in [0.3, 0.4) is 0 Å². The van der Waals surface area contributed by atoms with Gasteiger partial charge in [0.2, 0.25) is 0 Å². The molecule has 15 heavy (non-hydrogen) atoms. The minimum atomic E-state index is 0.929. The van der Waals surface area contributed by atoms with Gasteiger partial charge in [-0.3, -0.25) is 5.10 Å². The van der Waals surface area contributed by atoms with Crippen molar-refractivity contribution >= 4 is 26.8 Å². The molecule has 0 spiro atoms. The van der Waals surface area contributed by atoms with Crippen molar-refractivity contribution in [2.45, 2.75) is 0 Å². The molecule has 0 bridgehead atoms. The van der Waals surface area contributed by atoms with E-state index in [4.69, 9.17) is 0 Å². The maximum atomic E-state index is 4.14. The lowest BCUT2D eigenvalue weighted by atomic mass is 10.2. The first-order valence-electron chi connectivity index (χ1n) is 4.62. The fourth-order valence-corrected chi connectivity index (χ4v) is 2.15. The fourth-order valence-electron chi connectivity index (χ4n) is 1.67. The van der Waals surface area contributed by atoms with Gasteiger partial charge in [0.05, 0.1) is 5.69 Å². The van der Waals surface area contributed by atoms with Gasteiger partial charge in [0, 0.05) is 21.6 Å². The highest BCUT2D eigenvalue weighted by Gasteiger charge is 2.06. The summed E-state index contributed by atoms with van der Waals surface area (Å²) >= 11 is 3.53. The number of hydrogen-bond donors (Lipinski definition) is 2. The van der Waals surface area contributed by atoms with Gasteiger partial charge in [0.1, 0.15) is 5.69 Å². The van der Waals surface area contributed by atoms with Gasteiger partial charge in [-0.2, -0.15) is 5.10 Å². The van der Waals surface area contributed by atoms with Crippen LogP contribution in [0.25, 0.3) is 22.3 Å². The van der Waals surface area contributed by atoms with E-state index in [0.717, 1.165) is 21.4 Å². The zero-order chi connectivity index (χ0) is 10.3. The maximum absolute atomic E-state index is 4.14. The van der Waals surface area contributed by atoms with E-state index in [0.29, 0.717) is 0 Å². The van der Waals surface area contributed by atoms with Gasteiger partial charge >= 0.3 is 0 Å². The van der Waals surface area contributed by atoms with Crippen LogP contribution in [0, 0.1) is 0 Å². The van der Waals surface area contributed by atoms with Crippen molar-refractivity contribution in [2.24, 2.45) is 0 Å². The molecule has 0 saturated heterocycles. The highest BCUT2D eigenvalue weighted by molar-refractivity contribution is 9.10. The Labute approximate surface area is 94.6 Å². The fraction of sp³-hybridized carbons (Fsp3) is 0. The molecule has 0 saturated carbocycles. The Balaban J connectivity index is 2.27. The van der Waals surface area contributed by atoms with Crippen molar-refractivity contribution in [1.82, 2.24) is 15.2 Å². The van der Waals surface area contributed by atoms with E-state index < -0.39 is 0 Å². The summed E-state index contributed by atoms with van der Waals surface area (Å²) in [7, 11) is 0. The molecule has 0 radical (unpaired) electrons. The number of halogens is 1. The van der Waals surface area contributed by atoms with Gasteiger partial charge in [-0.25, -0.2) is 0 Å². The Kier molecular flexibility index (Phi) is 1.89. The first-order chi connectivity index (χ1) is 7.34. The second-order valence-corrected chi connectivity index (χ2v) is 4.20. The molecule has 3 rings (SSSR count). The molecule has 2 heterocycles. The quantitative estimate of drug-likeness (QED) is 0.694. The van der Waals surface area contributed by atoms with Gasteiger partial charge in [-0.15, -0.1) is 0 Å². The molecule has 0 aliphatic heterocycles. The van der Waals surface area contributed by atoms with Crippen molar-refractivity contribution in [3.63, 3.8) is 0 Å². The highest BCUT2D eigenvalue weighted by atomic mass is 79.9. The average Bonchev–Trinajstić information content (AvgIpc) is 2.86. The molecule has 3 nitrogen and oxygen atoms in total. The standard InChI is InChI=1S/C11H8BrN3/c12-8-2-1-3-9-7(8)6-11(14-9)10-4-5-13-15-10/h1-6,14H,(H,13,15). The normalized spacial score (nSPS) is 11.0. The Morgan fingerprint density at radius 3 is 2.87 bits per heavy atom. The molecule has 2 aromatic heterocycles. The predicted octanol–water partition coefficient (Wildman–Crippen LogP) is 3.32. The number of benzene rings is 1. The van der Waals surface area contributed by atoms with Crippen LogP contribution in [-0.2, 0) is 0 Å². The SMILES string of the molecule is Brc1cccc2[nH]c(-c3cc[nH]n3)cc12. The lowest BCUT2D eigenvalue weighted by Gasteiger charge is -1.90. The van der Waals surface area contributed by atoms with Crippen LogP contribution >= 0.6 is 15.9 Å².